The van der Waals surface area contributed by atoms with Crippen LogP contribution in [0.15, 0.2) is 11.9 Å². The molecule has 0 unspecified atom stereocenters. The van der Waals surface area contributed by atoms with Gasteiger partial charge < -0.3 is 11.1 Å². The fourth-order valence-corrected chi connectivity index (χ4v) is 0.945. The van der Waals surface area contributed by atoms with E-state index in [1.807, 2.05) is 0 Å². The van der Waals surface area contributed by atoms with E-state index in [1.165, 1.54) is 0 Å². The lowest BCUT2D eigenvalue weighted by Crippen LogP contribution is -2.39. The van der Waals surface area contributed by atoms with E-state index in [2.05, 4.69) is 17.3 Å². The molecular formula is C6H13N3. The van der Waals surface area contributed by atoms with Crippen molar-refractivity contribution in [1.29, 1.82) is 0 Å². The maximum Gasteiger partial charge on any atom is 0.0407 e. The smallest absolute Gasteiger partial charge is 0.0407 e. The summed E-state index contributed by atoms with van der Waals surface area (Å²) in [6.45, 7) is 3.08. The SMILES string of the molecule is CN1CCN/C(=C\N)C1. The van der Waals surface area contributed by atoms with Crippen molar-refractivity contribution >= 4 is 0 Å². The second-order valence-electron chi connectivity index (χ2n) is 2.36. The van der Waals surface area contributed by atoms with E-state index in [0.717, 1.165) is 25.3 Å². The second-order valence-corrected chi connectivity index (χ2v) is 2.36. The van der Waals surface area contributed by atoms with E-state index < -0.39 is 0 Å². The van der Waals surface area contributed by atoms with Crippen molar-refractivity contribution in [2.24, 2.45) is 5.73 Å². The summed E-state index contributed by atoms with van der Waals surface area (Å²) in [6.07, 6.45) is 1.63. The summed E-state index contributed by atoms with van der Waals surface area (Å²) in [5.41, 5.74) is 6.44. The van der Waals surface area contributed by atoms with Gasteiger partial charge in [0.15, 0.2) is 0 Å². The molecule has 0 radical (unpaired) electrons. The largest absolute Gasteiger partial charge is 0.403 e. The van der Waals surface area contributed by atoms with Crippen LogP contribution >= 0.6 is 0 Å². The Balaban J connectivity index is 2.41. The van der Waals surface area contributed by atoms with Crippen molar-refractivity contribution < 1.29 is 0 Å². The molecule has 0 spiro atoms. The quantitative estimate of drug-likeness (QED) is 0.453. The summed E-state index contributed by atoms with van der Waals surface area (Å²) in [5, 5.41) is 3.19. The highest BCUT2D eigenvalue weighted by Gasteiger charge is 2.06. The molecular weight excluding hydrogens is 114 g/mol. The standard InChI is InChI=1S/C6H13N3/c1-9-3-2-8-6(4-7)5-9/h4,8H,2-3,5,7H2,1H3/b6-4-. The molecule has 0 aromatic carbocycles. The second kappa shape index (κ2) is 2.73. The average molecular weight is 127 g/mol. The monoisotopic (exact) mass is 127 g/mol. The molecule has 1 aliphatic rings. The van der Waals surface area contributed by atoms with Gasteiger partial charge in [-0.05, 0) is 7.05 Å². The van der Waals surface area contributed by atoms with Crippen molar-refractivity contribution in [3.05, 3.63) is 11.9 Å². The molecule has 52 valence electrons. The Hall–Kier alpha value is -0.700. The van der Waals surface area contributed by atoms with Gasteiger partial charge in [-0.15, -0.1) is 0 Å². The third-order valence-corrected chi connectivity index (χ3v) is 1.49. The number of likely N-dealkylation sites (N-methyl/N-ethyl adjacent to an activating group) is 1. The Morgan fingerprint density at radius 3 is 3.00 bits per heavy atom. The Morgan fingerprint density at radius 1 is 1.78 bits per heavy atom. The van der Waals surface area contributed by atoms with Gasteiger partial charge in [-0.1, -0.05) is 0 Å². The number of piperazine rings is 1. The first-order chi connectivity index (χ1) is 4.33. The van der Waals surface area contributed by atoms with Crippen molar-refractivity contribution in [1.82, 2.24) is 10.2 Å². The Morgan fingerprint density at radius 2 is 2.56 bits per heavy atom. The molecule has 1 saturated heterocycles. The first-order valence-corrected chi connectivity index (χ1v) is 3.16. The third kappa shape index (κ3) is 1.61. The summed E-state index contributed by atoms with van der Waals surface area (Å²) >= 11 is 0. The zero-order chi connectivity index (χ0) is 6.69. The highest BCUT2D eigenvalue weighted by atomic mass is 15.2. The summed E-state index contributed by atoms with van der Waals surface area (Å²) < 4.78 is 0. The molecule has 0 amide bonds. The minimum absolute atomic E-state index is 0.955. The number of nitrogens with two attached hydrogens (primary N) is 1. The molecule has 1 heterocycles. The van der Waals surface area contributed by atoms with Crippen molar-refractivity contribution in [2.75, 3.05) is 26.7 Å². The van der Waals surface area contributed by atoms with Crippen LogP contribution in [0.2, 0.25) is 0 Å². The normalized spacial score (nSPS) is 26.1. The van der Waals surface area contributed by atoms with Gasteiger partial charge in [-0.3, -0.25) is 4.90 Å². The molecule has 3 N–H and O–H groups in total. The fraction of sp³-hybridized carbons (Fsp3) is 0.667. The molecule has 1 rings (SSSR count). The van der Waals surface area contributed by atoms with Crippen LogP contribution in [-0.4, -0.2) is 31.6 Å². The average Bonchev–Trinajstić information content (AvgIpc) is 1.88. The molecule has 0 aromatic heterocycles. The van der Waals surface area contributed by atoms with Gasteiger partial charge in [0.05, 0.1) is 0 Å². The van der Waals surface area contributed by atoms with E-state index in [0.29, 0.717) is 0 Å². The number of nitrogens with one attached hydrogen (secondary N) is 1. The van der Waals surface area contributed by atoms with Crippen LogP contribution in [0.25, 0.3) is 0 Å². The lowest BCUT2D eigenvalue weighted by Gasteiger charge is -2.25. The molecule has 0 atom stereocenters. The summed E-state index contributed by atoms with van der Waals surface area (Å²) in [5.74, 6) is 0. The van der Waals surface area contributed by atoms with E-state index in [1.54, 1.807) is 6.20 Å². The van der Waals surface area contributed by atoms with Crippen molar-refractivity contribution in [3.63, 3.8) is 0 Å². The molecule has 0 aliphatic carbocycles. The maximum atomic E-state index is 5.31. The topological polar surface area (TPSA) is 41.3 Å². The number of hydrogen-bond donors (Lipinski definition) is 2. The van der Waals surface area contributed by atoms with E-state index >= 15 is 0 Å². The van der Waals surface area contributed by atoms with Crippen molar-refractivity contribution in [2.45, 2.75) is 0 Å². The van der Waals surface area contributed by atoms with Gasteiger partial charge in [0.25, 0.3) is 0 Å². The first kappa shape index (κ1) is 6.42. The lowest BCUT2D eigenvalue weighted by atomic mass is 10.3. The van der Waals surface area contributed by atoms with Gasteiger partial charge in [0, 0.05) is 31.5 Å². The molecule has 0 bridgehead atoms. The fourth-order valence-electron chi connectivity index (χ4n) is 0.945. The van der Waals surface area contributed by atoms with Crippen LogP contribution < -0.4 is 11.1 Å². The zero-order valence-electron chi connectivity index (χ0n) is 5.72. The Labute approximate surface area is 55.5 Å². The van der Waals surface area contributed by atoms with Crippen molar-refractivity contribution in [3.8, 4) is 0 Å². The molecule has 0 aromatic rings. The number of rotatable bonds is 0. The highest BCUT2D eigenvalue weighted by Crippen LogP contribution is 1.95. The van der Waals surface area contributed by atoms with Crippen LogP contribution in [0, 0.1) is 0 Å². The minimum atomic E-state index is 0.955. The van der Waals surface area contributed by atoms with E-state index in [4.69, 9.17) is 5.73 Å². The minimum Gasteiger partial charge on any atom is -0.403 e. The van der Waals surface area contributed by atoms with Gasteiger partial charge in [0.2, 0.25) is 0 Å². The maximum absolute atomic E-state index is 5.31. The van der Waals surface area contributed by atoms with Crippen LogP contribution in [0.3, 0.4) is 0 Å². The Bertz CT molecular complexity index is 119. The van der Waals surface area contributed by atoms with E-state index in [9.17, 15) is 0 Å². The summed E-state index contributed by atoms with van der Waals surface area (Å²) in [4.78, 5) is 2.23. The molecule has 0 saturated carbocycles. The van der Waals surface area contributed by atoms with Gasteiger partial charge in [0.1, 0.15) is 0 Å². The predicted molar refractivity (Wildman–Crippen MR) is 37.8 cm³/mol. The number of hydrogen-bond acceptors (Lipinski definition) is 3. The van der Waals surface area contributed by atoms with Crippen LogP contribution in [0.1, 0.15) is 0 Å². The molecule has 3 nitrogen and oxygen atoms in total. The van der Waals surface area contributed by atoms with E-state index in [-0.39, 0.29) is 0 Å². The molecule has 3 heteroatoms. The van der Waals surface area contributed by atoms with Gasteiger partial charge >= 0.3 is 0 Å². The van der Waals surface area contributed by atoms with Crippen LogP contribution in [-0.2, 0) is 0 Å². The van der Waals surface area contributed by atoms with Gasteiger partial charge in [-0.2, -0.15) is 0 Å². The lowest BCUT2D eigenvalue weighted by molar-refractivity contribution is 0.322. The van der Waals surface area contributed by atoms with Crippen LogP contribution in [0.5, 0.6) is 0 Å². The summed E-state index contributed by atoms with van der Waals surface area (Å²) in [6, 6.07) is 0. The molecule has 1 fully saturated rings. The summed E-state index contributed by atoms with van der Waals surface area (Å²) in [7, 11) is 2.09. The first-order valence-electron chi connectivity index (χ1n) is 3.16. The van der Waals surface area contributed by atoms with Gasteiger partial charge in [-0.25, -0.2) is 0 Å². The predicted octanol–water partition coefficient (Wildman–Crippen LogP) is -0.678. The Kier molecular flexibility index (Phi) is 1.95. The molecule has 1 aliphatic heterocycles. The molecule has 9 heavy (non-hydrogen) atoms. The van der Waals surface area contributed by atoms with Crippen LogP contribution in [0.4, 0.5) is 0 Å². The highest BCUT2D eigenvalue weighted by molar-refractivity contribution is 5.01. The zero-order valence-corrected chi connectivity index (χ0v) is 5.72. The number of nitrogens with zero attached hydrogens (tertiary/aromatic N) is 1. The third-order valence-electron chi connectivity index (χ3n) is 1.49.